The summed E-state index contributed by atoms with van der Waals surface area (Å²) in [5, 5.41) is 9.05. The zero-order valence-electron chi connectivity index (χ0n) is 10.5. The minimum absolute atomic E-state index is 0.0581. The maximum absolute atomic E-state index is 13.6. The van der Waals surface area contributed by atoms with Gasteiger partial charge in [0.05, 0.1) is 12.3 Å². The molecule has 3 nitrogen and oxygen atoms in total. The Morgan fingerprint density at radius 3 is 2.75 bits per heavy atom. The number of rotatable bonds is 5. The van der Waals surface area contributed by atoms with Crippen LogP contribution in [0.3, 0.4) is 0 Å². The van der Waals surface area contributed by atoms with Gasteiger partial charge < -0.3 is 4.42 Å². The van der Waals surface area contributed by atoms with E-state index in [1.807, 2.05) is 0 Å². The first-order valence-corrected chi connectivity index (χ1v) is 6.01. The van der Waals surface area contributed by atoms with Gasteiger partial charge in [-0.2, -0.15) is 5.26 Å². The maximum atomic E-state index is 13.6. The van der Waals surface area contributed by atoms with Crippen LogP contribution < -0.4 is 0 Å². The first-order valence-electron chi connectivity index (χ1n) is 6.01. The number of carbonyl (C=O) groups excluding carboxylic acids is 1. The molecule has 0 saturated heterocycles. The van der Waals surface area contributed by atoms with Crippen molar-refractivity contribution < 1.29 is 18.0 Å². The number of ketones is 1. The molecule has 1 aromatic heterocycles. The lowest BCUT2D eigenvalue weighted by Gasteiger charge is -2.09. The zero-order valence-corrected chi connectivity index (χ0v) is 10.5. The van der Waals surface area contributed by atoms with E-state index in [1.165, 1.54) is 6.26 Å². The molecular weight excluding hydrogens is 264 g/mol. The Morgan fingerprint density at radius 2 is 2.15 bits per heavy atom. The Bertz CT molecular complexity index is 644. The van der Waals surface area contributed by atoms with Crippen molar-refractivity contribution in [2.45, 2.75) is 18.8 Å². The van der Waals surface area contributed by atoms with Crippen molar-refractivity contribution in [1.82, 2.24) is 0 Å². The number of hydrogen-bond acceptors (Lipinski definition) is 3. The summed E-state index contributed by atoms with van der Waals surface area (Å²) in [5.74, 6) is -2.66. The monoisotopic (exact) mass is 275 g/mol. The van der Waals surface area contributed by atoms with Crippen molar-refractivity contribution in [3.63, 3.8) is 0 Å². The van der Waals surface area contributed by atoms with E-state index >= 15 is 0 Å². The molecule has 0 radical (unpaired) electrons. The van der Waals surface area contributed by atoms with Crippen LogP contribution in [0.5, 0.6) is 0 Å². The number of nitriles is 1. The highest BCUT2D eigenvalue weighted by Crippen LogP contribution is 2.22. The van der Waals surface area contributed by atoms with Crippen molar-refractivity contribution in [2.24, 2.45) is 0 Å². The van der Waals surface area contributed by atoms with Crippen LogP contribution in [0.2, 0.25) is 0 Å². The molecule has 0 fully saturated rings. The predicted molar refractivity (Wildman–Crippen MR) is 66.7 cm³/mol. The van der Waals surface area contributed by atoms with Crippen LogP contribution in [0.25, 0.3) is 0 Å². The fourth-order valence-corrected chi connectivity index (χ4v) is 1.90. The predicted octanol–water partition coefficient (Wildman–Crippen LogP) is 3.37. The smallest absolute Gasteiger partial charge is 0.155 e. The van der Waals surface area contributed by atoms with E-state index < -0.39 is 23.3 Å². The van der Waals surface area contributed by atoms with Gasteiger partial charge in [-0.3, -0.25) is 4.79 Å². The third-order valence-corrected chi connectivity index (χ3v) is 2.92. The fraction of sp³-hybridized carbons (Fsp3) is 0.200. The summed E-state index contributed by atoms with van der Waals surface area (Å²) in [6.45, 7) is 0. The normalized spacial score (nSPS) is 11.8. The Hall–Kier alpha value is -2.48. The molecular formula is C15H11F2NO2. The van der Waals surface area contributed by atoms with Crippen molar-refractivity contribution in [3.8, 4) is 6.07 Å². The first kappa shape index (κ1) is 13.9. The second kappa shape index (κ2) is 6.11. The third kappa shape index (κ3) is 3.09. The maximum Gasteiger partial charge on any atom is 0.155 e. The van der Waals surface area contributed by atoms with Gasteiger partial charge in [0.15, 0.2) is 5.78 Å². The number of aryl methyl sites for hydroxylation is 1. The molecule has 1 aromatic carbocycles. The van der Waals surface area contributed by atoms with Crippen molar-refractivity contribution >= 4 is 5.78 Å². The van der Waals surface area contributed by atoms with E-state index in [0.29, 0.717) is 18.2 Å². The van der Waals surface area contributed by atoms with Crippen LogP contribution in [-0.2, 0) is 11.2 Å². The van der Waals surface area contributed by atoms with Gasteiger partial charge in [0.25, 0.3) is 0 Å². The number of halogens is 2. The molecule has 1 atom stereocenters. The quantitative estimate of drug-likeness (QED) is 0.840. The van der Waals surface area contributed by atoms with Gasteiger partial charge in [0, 0.05) is 24.5 Å². The van der Waals surface area contributed by atoms with E-state index in [4.69, 9.17) is 9.68 Å². The highest BCUT2D eigenvalue weighted by atomic mass is 19.1. The van der Waals surface area contributed by atoms with Gasteiger partial charge >= 0.3 is 0 Å². The number of hydrogen-bond donors (Lipinski definition) is 0. The lowest BCUT2D eigenvalue weighted by atomic mass is 9.93. The number of Topliss-reactive ketones (excluding diaryl/α,β-unsaturated/α-hetero) is 1. The number of carbonyl (C=O) groups is 1. The average molecular weight is 275 g/mol. The summed E-state index contributed by atoms with van der Waals surface area (Å²) in [7, 11) is 0. The Kier molecular flexibility index (Phi) is 4.26. The molecule has 0 amide bonds. The molecule has 5 heteroatoms. The van der Waals surface area contributed by atoms with Crippen molar-refractivity contribution in [2.75, 3.05) is 0 Å². The first-order chi connectivity index (χ1) is 9.61. The summed E-state index contributed by atoms with van der Waals surface area (Å²) < 4.78 is 31.5. The lowest BCUT2D eigenvalue weighted by Crippen LogP contribution is -2.13. The molecule has 102 valence electrons. The number of nitrogens with zero attached hydrogens (tertiary/aromatic N) is 1. The van der Waals surface area contributed by atoms with Crippen LogP contribution in [0.15, 0.2) is 41.0 Å². The summed E-state index contributed by atoms with van der Waals surface area (Å²) in [6, 6.07) is 8.00. The molecule has 2 aromatic rings. The number of benzene rings is 1. The molecule has 0 bridgehead atoms. The van der Waals surface area contributed by atoms with Crippen LogP contribution in [0, 0.1) is 23.0 Å². The molecule has 0 saturated carbocycles. The van der Waals surface area contributed by atoms with Gasteiger partial charge in [-0.15, -0.1) is 0 Å². The SMILES string of the molecule is N#CC(C(=O)CCc1ccco1)c1ccc(F)cc1F. The molecule has 0 spiro atoms. The summed E-state index contributed by atoms with van der Waals surface area (Å²) in [6.07, 6.45) is 1.89. The molecule has 1 unspecified atom stereocenters. The van der Waals surface area contributed by atoms with Crippen LogP contribution in [0.1, 0.15) is 23.7 Å². The van der Waals surface area contributed by atoms with Crippen LogP contribution in [0.4, 0.5) is 8.78 Å². The standard InChI is InChI=1S/C15H11F2NO2/c16-10-3-5-12(14(17)8-10)13(9-18)15(19)6-4-11-2-1-7-20-11/h1-3,5,7-8,13H,4,6H2. The summed E-state index contributed by atoms with van der Waals surface area (Å²) in [4.78, 5) is 12.0. The minimum Gasteiger partial charge on any atom is -0.469 e. The molecule has 2 rings (SSSR count). The summed E-state index contributed by atoms with van der Waals surface area (Å²) in [5.41, 5.74) is -0.0988. The van der Waals surface area contributed by atoms with Gasteiger partial charge in [-0.25, -0.2) is 8.78 Å². The Balaban J connectivity index is 2.11. The highest BCUT2D eigenvalue weighted by Gasteiger charge is 2.23. The number of furan rings is 1. The van der Waals surface area contributed by atoms with Crippen molar-refractivity contribution in [3.05, 3.63) is 59.6 Å². The van der Waals surface area contributed by atoms with E-state index in [2.05, 4.69) is 0 Å². The topological polar surface area (TPSA) is 54.0 Å². The van der Waals surface area contributed by atoms with Crippen LogP contribution >= 0.6 is 0 Å². The van der Waals surface area contributed by atoms with E-state index in [1.54, 1.807) is 18.2 Å². The Morgan fingerprint density at radius 1 is 1.35 bits per heavy atom. The van der Waals surface area contributed by atoms with Crippen LogP contribution in [-0.4, -0.2) is 5.78 Å². The minimum atomic E-state index is -1.23. The van der Waals surface area contributed by atoms with Gasteiger partial charge in [0.1, 0.15) is 23.3 Å². The molecule has 0 aliphatic carbocycles. The van der Waals surface area contributed by atoms with Gasteiger partial charge in [0.2, 0.25) is 0 Å². The highest BCUT2D eigenvalue weighted by molar-refractivity contribution is 5.88. The fourth-order valence-electron chi connectivity index (χ4n) is 1.90. The van der Waals surface area contributed by atoms with E-state index in [-0.39, 0.29) is 12.0 Å². The zero-order chi connectivity index (χ0) is 14.5. The van der Waals surface area contributed by atoms with E-state index in [9.17, 15) is 13.6 Å². The second-order valence-electron chi connectivity index (χ2n) is 4.27. The molecule has 1 heterocycles. The molecule has 0 N–H and O–H groups in total. The lowest BCUT2D eigenvalue weighted by molar-refractivity contribution is -0.119. The average Bonchev–Trinajstić information content (AvgIpc) is 2.93. The molecule has 20 heavy (non-hydrogen) atoms. The second-order valence-corrected chi connectivity index (χ2v) is 4.27. The third-order valence-electron chi connectivity index (χ3n) is 2.92. The van der Waals surface area contributed by atoms with E-state index in [0.717, 1.165) is 12.1 Å². The van der Waals surface area contributed by atoms with Gasteiger partial charge in [-0.1, -0.05) is 6.07 Å². The Labute approximate surface area is 114 Å². The largest absolute Gasteiger partial charge is 0.469 e. The molecule has 0 aliphatic rings. The molecule has 0 aliphatic heterocycles. The van der Waals surface area contributed by atoms with Crippen molar-refractivity contribution in [1.29, 1.82) is 5.26 Å². The summed E-state index contributed by atoms with van der Waals surface area (Å²) >= 11 is 0. The van der Waals surface area contributed by atoms with Gasteiger partial charge in [-0.05, 0) is 18.2 Å².